The van der Waals surface area contributed by atoms with E-state index in [1.807, 2.05) is 24.3 Å². The largest absolute Gasteiger partial charge is 0.493 e. The first-order valence-electron chi connectivity index (χ1n) is 16.3. The molecule has 6 aliphatic heterocycles. The number of carbonyl (C=O) groups excluding carboxylic acids is 2. The highest BCUT2D eigenvalue weighted by Crippen LogP contribution is 2.52. The zero-order chi connectivity index (χ0) is 30.7. The second-order valence-corrected chi connectivity index (χ2v) is 13.5. The fraction of sp³-hybridized carbons (Fsp3) is 0.600. The third-order valence-corrected chi connectivity index (χ3v) is 10.3. The Kier molecular flexibility index (Phi) is 7.51. The van der Waals surface area contributed by atoms with Crippen molar-refractivity contribution in [3.63, 3.8) is 0 Å². The molecule has 0 amide bonds. The van der Waals surface area contributed by atoms with E-state index < -0.39 is 0 Å². The predicted octanol–water partition coefficient (Wildman–Crippen LogP) is 3.75. The molecule has 6 heterocycles. The third-order valence-electron chi connectivity index (χ3n) is 10.3. The Bertz CT molecular complexity index is 1300. The van der Waals surface area contributed by atoms with Gasteiger partial charge in [0.2, 0.25) is 0 Å². The molecule has 10 unspecified atom stereocenters. The topological polar surface area (TPSA) is 115 Å². The van der Waals surface area contributed by atoms with Crippen LogP contribution in [0.5, 0.6) is 11.5 Å². The molecular weight excluding hydrogens is 580 g/mol. The van der Waals surface area contributed by atoms with Gasteiger partial charge in [0.25, 0.3) is 0 Å². The van der Waals surface area contributed by atoms with Crippen molar-refractivity contribution in [3.05, 3.63) is 59.7 Å². The number of benzene rings is 2. The summed E-state index contributed by atoms with van der Waals surface area (Å²) in [7, 11) is 0. The maximum atomic E-state index is 12.4. The lowest BCUT2D eigenvalue weighted by atomic mass is 9.78. The van der Waals surface area contributed by atoms with Gasteiger partial charge in [-0.15, -0.1) is 0 Å². The minimum atomic E-state index is -0.219. The Balaban J connectivity index is 0.730. The highest BCUT2D eigenvalue weighted by molar-refractivity contribution is 5.74. The second kappa shape index (κ2) is 11.6. The van der Waals surface area contributed by atoms with Crippen LogP contribution >= 0.6 is 0 Å². The van der Waals surface area contributed by atoms with Gasteiger partial charge in [-0.3, -0.25) is 9.59 Å². The Morgan fingerprint density at radius 2 is 1.02 bits per heavy atom. The first-order valence-corrected chi connectivity index (χ1v) is 16.3. The SMILES string of the molecule is CC(C)(c1ccc(OCCCOC(=O)C2CC3OC2C2OC32)cc1)c1ccc(OCCCOC(=O)C2CC3OC2C2OC32)cc1. The van der Waals surface area contributed by atoms with Crippen molar-refractivity contribution in [3.8, 4) is 11.5 Å². The van der Waals surface area contributed by atoms with Crippen molar-refractivity contribution in [2.45, 2.75) is 93.8 Å². The molecule has 2 aromatic carbocycles. The number of carbonyl (C=O) groups is 2. The van der Waals surface area contributed by atoms with Crippen LogP contribution in [0, 0.1) is 11.8 Å². The van der Waals surface area contributed by atoms with Crippen LogP contribution < -0.4 is 9.47 Å². The van der Waals surface area contributed by atoms with Crippen LogP contribution in [-0.4, -0.2) is 87.2 Å². The van der Waals surface area contributed by atoms with Crippen molar-refractivity contribution in [1.29, 1.82) is 0 Å². The van der Waals surface area contributed by atoms with Gasteiger partial charge in [-0.05, 0) is 48.2 Å². The average Bonchev–Trinajstić information content (AvgIpc) is 3.88. The van der Waals surface area contributed by atoms with Gasteiger partial charge >= 0.3 is 11.9 Å². The molecule has 6 fully saturated rings. The Hall–Kier alpha value is -3.18. The lowest BCUT2D eigenvalue weighted by Gasteiger charge is -2.26. The van der Waals surface area contributed by atoms with Gasteiger partial charge in [-0.25, -0.2) is 0 Å². The summed E-state index contributed by atoms with van der Waals surface area (Å²) in [5, 5.41) is 0. The number of ether oxygens (including phenoxy) is 8. The molecule has 0 aromatic heterocycles. The standard InChI is InChI=1S/C35H40O10/c1-35(2,19-5-9-21(10-6-19)38-13-3-15-40-33(36)23-17-25-29-31(44-29)27(23)42-25)20-7-11-22(12-8-20)39-14-4-16-41-34(37)24-18-26-30-32(45-30)28(24)43-26/h5-12,23-32H,3-4,13-18H2,1-2H3. The molecule has 6 saturated heterocycles. The minimum Gasteiger partial charge on any atom is -0.493 e. The number of hydrogen-bond acceptors (Lipinski definition) is 10. The van der Waals surface area contributed by atoms with E-state index in [0.29, 0.717) is 52.1 Å². The normalized spacial score (nSPS) is 34.6. The monoisotopic (exact) mass is 620 g/mol. The zero-order valence-corrected chi connectivity index (χ0v) is 25.6. The van der Waals surface area contributed by atoms with E-state index in [1.165, 1.54) is 11.1 Å². The molecule has 2 aromatic rings. The summed E-state index contributed by atoms with van der Waals surface area (Å²) < 4.78 is 45.4. The van der Waals surface area contributed by atoms with E-state index in [2.05, 4.69) is 38.1 Å². The molecule has 8 rings (SSSR count). The van der Waals surface area contributed by atoms with Crippen molar-refractivity contribution < 1.29 is 47.5 Å². The van der Waals surface area contributed by atoms with Crippen LogP contribution in [0.4, 0.5) is 0 Å². The van der Waals surface area contributed by atoms with Crippen molar-refractivity contribution in [2.24, 2.45) is 11.8 Å². The molecule has 10 nitrogen and oxygen atoms in total. The average molecular weight is 621 g/mol. The summed E-state index contributed by atoms with van der Waals surface area (Å²) >= 11 is 0. The van der Waals surface area contributed by atoms with E-state index in [4.69, 9.17) is 37.9 Å². The molecule has 4 bridgehead atoms. The summed E-state index contributed by atoms with van der Waals surface area (Å²) in [5.41, 5.74) is 2.11. The summed E-state index contributed by atoms with van der Waals surface area (Å²) in [6.07, 6.45) is 3.16. The van der Waals surface area contributed by atoms with Crippen LogP contribution in [0.1, 0.15) is 50.7 Å². The van der Waals surface area contributed by atoms with Crippen molar-refractivity contribution >= 4 is 11.9 Å². The van der Waals surface area contributed by atoms with Crippen LogP contribution in [-0.2, 0) is 43.4 Å². The quantitative estimate of drug-likeness (QED) is 0.176. The molecule has 6 aliphatic rings. The van der Waals surface area contributed by atoms with E-state index in [1.54, 1.807) is 0 Å². The minimum absolute atomic E-state index is 0.0674. The molecule has 45 heavy (non-hydrogen) atoms. The van der Waals surface area contributed by atoms with E-state index in [0.717, 1.165) is 11.5 Å². The van der Waals surface area contributed by atoms with Crippen LogP contribution in [0.25, 0.3) is 0 Å². The first-order chi connectivity index (χ1) is 21.9. The van der Waals surface area contributed by atoms with Gasteiger partial charge in [0.05, 0.1) is 50.5 Å². The fourth-order valence-electron chi connectivity index (χ4n) is 7.53. The molecule has 0 aliphatic carbocycles. The van der Waals surface area contributed by atoms with E-state index in [-0.39, 0.29) is 78.0 Å². The Morgan fingerprint density at radius 3 is 1.40 bits per heavy atom. The van der Waals surface area contributed by atoms with Gasteiger partial charge in [0, 0.05) is 18.3 Å². The lowest BCUT2D eigenvalue weighted by molar-refractivity contribution is -0.152. The molecule has 0 spiro atoms. The smallest absolute Gasteiger partial charge is 0.311 e. The fourth-order valence-corrected chi connectivity index (χ4v) is 7.53. The first kappa shape index (κ1) is 29.2. The summed E-state index contributed by atoms with van der Waals surface area (Å²) in [5.74, 6) is 0.796. The second-order valence-electron chi connectivity index (χ2n) is 13.5. The van der Waals surface area contributed by atoms with E-state index >= 15 is 0 Å². The van der Waals surface area contributed by atoms with E-state index in [9.17, 15) is 9.59 Å². The zero-order valence-electron chi connectivity index (χ0n) is 25.6. The van der Waals surface area contributed by atoms with Crippen molar-refractivity contribution in [2.75, 3.05) is 26.4 Å². The van der Waals surface area contributed by atoms with Crippen LogP contribution in [0.15, 0.2) is 48.5 Å². The number of rotatable bonds is 14. The van der Waals surface area contributed by atoms with Gasteiger partial charge in [-0.2, -0.15) is 0 Å². The number of epoxide rings is 2. The van der Waals surface area contributed by atoms with Crippen LogP contribution in [0.2, 0.25) is 0 Å². The maximum absolute atomic E-state index is 12.4. The molecule has 240 valence electrons. The highest BCUT2D eigenvalue weighted by atomic mass is 16.7. The van der Waals surface area contributed by atoms with Crippen molar-refractivity contribution in [1.82, 2.24) is 0 Å². The van der Waals surface area contributed by atoms with Gasteiger partial charge in [0.15, 0.2) is 0 Å². The van der Waals surface area contributed by atoms with Gasteiger partial charge in [0.1, 0.15) is 48.1 Å². The van der Waals surface area contributed by atoms with Crippen LogP contribution in [0.3, 0.4) is 0 Å². The lowest BCUT2D eigenvalue weighted by Crippen LogP contribution is -2.32. The number of hydrogen-bond donors (Lipinski definition) is 0. The van der Waals surface area contributed by atoms with Gasteiger partial charge < -0.3 is 37.9 Å². The highest BCUT2D eigenvalue weighted by Gasteiger charge is 2.67. The molecule has 0 saturated carbocycles. The Labute approximate surface area is 262 Å². The molecule has 0 N–H and O–H groups in total. The summed E-state index contributed by atoms with van der Waals surface area (Å²) in [6.45, 7) is 5.96. The summed E-state index contributed by atoms with van der Waals surface area (Å²) in [4.78, 5) is 24.9. The molecule has 10 atom stereocenters. The number of fused-ring (bicyclic) bond motifs is 10. The number of esters is 2. The van der Waals surface area contributed by atoms with Gasteiger partial charge in [-0.1, -0.05) is 38.1 Å². The molecule has 10 heteroatoms. The molecular formula is C35H40O10. The maximum Gasteiger partial charge on any atom is 0.311 e. The summed E-state index contributed by atoms with van der Waals surface area (Å²) in [6, 6.07) is 16.3. The Morgan fingerprint density at radius 1 is 0.600 bits per heavy atom. The predicted molar refractivity (Wildman–Crippen MR) is 158 cm³/mol. The molecule has 0 radical (unpaired) electrons. The third kappa shape index (κ3) is 5.60.